The van der Waals surface area contributed by atoms with Crippen molar-refractivity contribution >= 4 is 17.5 Å². The van der Waals surface area contributed by atoms with Crippen LogP contribution in [0.5, 0.6) is 0 Å². The van der Waals surface area contributed by atoms with Crippen LogP contribution in [0.15, 0.2) is 24.3 Å². The van der Waals surface area contributed by atoms with Gasteiger partial charge in [0.25, 0.3) is 5.69 Å². The predicted octanol–water partition coefficient (Wildman–Crippen LogP) is 2.51. The van der Waals surface area contributed by atoms with Crippen LogP contribution in [0.4, 0.5) is 5.69 Å². The first-order chi connectivity index (χ1) is 7.02. The van der Waals surface area contributed by atoms with E-state index in [1.54, 1.807) is 19.1 Å². The summed E-state index contributed by atoms with van der Waals surface area (Å²) in [5.74, 6) is -0.132. The molecule has 4 nitrogen and oxygen atoms in total. The van der Waals surface area contributed by atoms with Crippen LogP contribution in [-0.2, 0) is 4.79 Å². The number of nitro groups is 1. The first-order valence-corrected chi connectivity index (χ1v) is 4.45. The number of ketones is 1. The summed E-state index contributed by atoms with van der Waals surface area (Å²) in [5.41, 5.74) is 1.28. The Morgan fingerprint density at radius 3 is 2.67 bits per heavy atom. The van der Waals surface area contributed by atoms with E-state index in [4.69, 9.17) is 0 Å². The summed E-state index contributed by atoms with van der Waals surface area (Å²) >= 11 is 0. The molecule has 1 rings (SSSR count). The number of nitrogens with zero attached hydrogens (tertiary/aromatic N) is 1. The average Bonchev–Trinajstić information content (AvgIpc) is 2.15. The minimum Gasteiger partial charge on any atom is -0.295 e. The molecule has 0 aliphatic rings. The molecule has 4 heteroatoms. The Kier molecular flexibility index (Phi) is 3.33. The zero-order valence-corrected chi connectivity index (χ0v) is 8.56. The molecule has 0 bridgehead atoms. The lowest BCUT2D eigenvalue weighted by Crippen LogP contribution is -1.94. The lowest BCUT2D eigenvalue weighted by Gasteiger charge is -2.00. The van der Waals surface area contributed by atoms with Gasteiger partial charge < -0.3 is 0 Å². The Morgan fingerprint density at radius 1 is 1.47 bits per heavy atom. The number of rotatable bonds is 3. The first-order valence-electron chi connectivity index (χ1n) is 4.45. The molecule has 0 aromatic heterocycles. The van der Waals surface area contributed by atoms with Crippen LogP contribution in [0.1, 0.15) is 18.1 Å². The van der Waals surface area contributed by atoms with Crippen molar-refractivity contribution in [1.82, 2.24) is 0 Å². The fourth-order valence-electron chi connectivity index (χ4n) is 1.24. The Hall–Kier alpha value is -1.97. The van der Waals surface area contributed by atoms with Crippen LogP contribution in [0.2, 0.25) is 0 Å². The summed E-state index contributed by atoms with van der Waals surface area (Å²) < 4.78 is 0. The number of aryl methyl sites for hydroxylation is 1. The molecule has 78 valence electrons. The number of benzene rings is 1. The number of hydrogen-bond acceptors (Lipinski definition) is 3. The summed E-state index contributed by atoms with van der Waals surface area (Å²) in [6.45, 7) is 3.17. The monoisotopic (exact) mass is 205 g/mol. The second-order valence-electron chi connectivity index (χ2n) is 3.21. The van der Waals surface area contributed by atoms with Crippen molar-refractivity contribution < 1.29 is 9.72 Å². The minimum absolute atomic E-state index is 0.0208. The molecule has 0 radical (unpaired) electrons. The van der Waals surface area contributed by atoms with Crippen LogP contribution in [-0.4, -0.2) is 10.7 Å². The summed E-state index contributed by atoms with van der Waals surface area (Å²) in [4.78, 5) is 21.0. The molecule has 1 aromatic rings. The first kappa shape index (κ1) is 11.1. The van der Waals surface area contributed by atoms with Crippen molar-refractivity contribution in [3.05, 3.63) is 45.5 Å². The molecule has 0 N–H and O–H groups in total. The van der Waals surface area contributed by atoms with E-state index in [1.807, 2.05) is 0 Å². The fraction of sp³-hybridized carbons (Fsp3) is 0.182. The van der Waals surface area contributed by atoms with Crippen molar-refractivity contribution in [1.29, 1.82) is 0 Å². The van der Waals surface area contributed by atoms with Gasteiger partial charge in [0.2, 0.25) is 0 Å². The molecule has 0 fully saturated rings. The maximum Gasteiger partial charge on any atom is 0.276 e. The summed E-state index contributed by atoms with van der Waals surface area (Å²) in [7, 11) is 0. The summed E-state index contributed by atoms with van der Waals surface area (Å²) in [5, 5.41) is 10.7. The molecule has 0 saturated carbocycles. The average molecular weight is 205 g/mol. The highest BCUT2D eigenvalue weighted by atomic mass is 16.6. The second-order valence-corrected chi connectivity index (χ2v) is 3.21. The zero-order valence-electron chi connectivity index (χ0n) is 8.56. The van der Waals surface area contributed by atoms with E-state index >= 15 is 0 Å². The highest BCUT2D eigenvalue weighted by molar-refractivity contribution is 5.92. The third kappa shape index (κ3) is 2.74. The van der Waals surface area contributed by atoms with Gasteiger partial charge >= 0.3 is 0 Å². The Balaban J connectivity index is 3.25. The Labute approximate surface area is 87.4 Å². The molecule has 0 aliphatic carbocycles. The van der Waals surface area contributed by atoms with Crippen molar-refractivity contribution in [2.24, 2.45) is 0 Å². The van der Waals surface area contributed by atoms with Crippen molar-refractivity contribution in [2.45, 2.75) is 13.8 Å². The van der Waals surface area contributed by atoms with Crippen molar-refractivity contribution in [3.8, 4) is 0 Å². The largest absolute Gasteiger partial charge is 0.295 e. The van der Waals surface area contributed by atoms with Crippen molar-refractivity contribution in [2.75, 3.05) is 0 Å². The van der Waals surface area contributed by atoms with Gasteiger partial charge in [0, 0.05) is 6.07 Å². The maximum atomic E-state index is 10.8. The van der Waals surface area contributed by atoms with Crippen LogP contribution in [0, 0.1) is 17.0 Å². The van der Waals surface area contributed by atoms with E-state index in [9.17, 15) is 14.9 Å². The lowest BCUT2D eigenvalue weighted by molar-refractivity contribution is -0.385. The van der Waals surface area contributed by atoms with Crippen LogP contribution < -0.4 is 0 Å². The van der Waals surface area contributed by atoms with Gasteiger partial charge in [-0.2, -0.15) is 0 Å². The topological polar surface area (TPSA) is 60.2 Å². The van der Waals surface area contributed by atoms with Crippen LogP contribution in [0.25, 0.3) is 6.08 Å². The SMILES string of the molecule is CC(=O)/C=C/c1c(C)cccc1[N+](=O)[O-]. The fourth-order valence-corrected chi connectivity index (χ4v) is 1.24. The zero-order chi connectivity index (χ0) is 11.4. The van der Waals surface area contributed by atoms with Crippen molar-refractivity contribution in [3.63, 3.8) is 0 Å². The standard InChI is InChI=1S/C11H11NO3/c1-8-4-3-5-11(12(14)15)10(8)7-6-9(2)13/h3-7H,1-2H3/b7-6+. The number of allylic oxidation sites excluding steroid dienone is 1. The normalized spacial score (nSPS) is 10.5. The Morgan fingerprint density at radius 2 is 2.13 bits per heavy atom. The van der Waals surface area contributed by atoms with Gasteiger partial charge in [-0.25, -0.2) is 0 Å². The molecular weight excluding hydrogens is 194 g/mol. The van der Waals surface area contributed by atoms with E-state index in [-0.39, 0.29) is 11.5 Å². The molecule has 0 heterocycles. The van der Waals surface area contributed by atoms with Gasteiger partial charge in [0.1, 0.15) is 0 Å². The van der Waals surface area contributed by atoms with Crippen LogP contribution >= 0.6 is 0 Å². The number of hydrogen-bond donors (Lipinski definition) is 0. The van der Waals surface area contributed by atoms with E-state index in [0.29, 0.717) is 5.56 Å². The van der Waals surface area contributed by atoms with E-state index in [0.717, 1.165) is 5.56 Å². The molecular formula is C11H11NO3. The van der Waals surface area contributed by atoms with Gasteiger partial charge in [-0.1, -0.05) is 12.1 Å². The van der Waals surface area contributed by atoms with Gasteiger partial charge in [-0.3, -0.25) is 14.9 Å². The molecule has 0 unspecified atom stereocenters. The summed E-state index contributed by atoms with van der Waals surface area (Å²) in [6.07, 6.45) is 2.81. The predicted molar refractivity (Wildman–Crippen MR) is 57.5 cm³/mol. The molecule has 0 saturated heterocycles. The molecule has 0 aliphatic heterocycles. The van der Waals surface area contributed by atoms with E-state index in [2.05, 4.69) is 0 Å². The smallest absolute Gasteiger partial charge is 0.276 e. The van der Waals surface area contributed by atoms with Gasteiger partial charge in [-0.05, 0) is 31.6 Å². The third-order valence-corrected chi connectivity index (χ3v) is 1.98. The number of nitro benzene ring substituents is 1. The molecule has 0 atom stereocenters. The van der Waals surface area contributed by atoms with Crippen LogP contribution in [0.3, 0.4) is 0 Å². The maximum absolute atomic E-state index is 10.8. The van der Waals surface area contributed by atoms with Gasteiger partial charge in [0.05, 0.1) is 10.5 Å². The second kappa shape index (κ2) is 4.50. The van der Waals surface area contributed by atoms with E-state index in [1.165, 1.54) is 25.1 Å². The quantitative estimate of drug-likeness (QED) is 0.432. The van der Waals surface area contributed by atoms with Gasteiger partial charge in [0.15, 0.2) is 5.78 Å². The number of carbonyl (C=O) groups excluding carboxylic acids is 1. The molecule has 0 amide bonds. The van der Waals surface area contributed by atoms with Gasteiger partial charge in [-0.15, -0.1) is 0 Å². The molecule has 0 spiro atoms. The lowest BCUT2D eigenvalue weighted by atomic mass is 10.1. The summed E-state index contributed by atoms with van der Waals surface area (Å²) in [6, 6.07) is 4.82. The Bertz CT molecular complexity index is 435. The molecule has 1 aromatic carbocycles. The minimum atomic E-state index is -0.452. The third-order valence-electron chi connectivity index (χ3n) is 1.98. The van der Waals surface area contributed by atoms with E-state index < -0.39 is 4.92 Å². The number of carbonyl (C=O) groups is 1. The molecule has 15 heavy (non-hydrogen) atoms. The highest BCUT2D eigenvalue weighted by Crippen LogP contribution is 2.22. The highest BCUT2D eigenvalue weighted by Gasteiger charge is 2.12.